The zero-order valence-electron chi connectivity index (χ0n) is 11.0. The summed E-state index contributed by atoms with van der Waals surface area (Å²) in [4.78, 5) is 11.0. The highest BCUT2D eigenvalue weighted by atomic mass is 16.1. The van der Waals surface area contributed by atoms with E-state index in [0.717, 1.165) is 24.2 Å². The third-order valence-corrected chi connectivity index (χ3v) is 3.12. The molecule has 0 atom stereocenters. The van der Waals surface area contributed by atoms with Crippen LogP contribution < -0.4 is 11.1 Å². The molecule has 3 nitrogen and oxygen atoms in total. The molecule has 0 unspecified atom stereocenters. The van der Waals surface area contributed by atoms with Crippen molar-refractivity contribution < 1.29 is 4.79 Å². The van der Waals surface area contributed by atoms with Gasteiger partial charge in [0, 0.05) is 17.8 Å². The summed E-state index contributed by atoms with van der Waals surface area (Å²) in [6.45, 7) is 2.87. The molecule has 3 heteroatoms. The van der Waals surface area contributed by atoms with Gasteiger partial charge in [0.05, 0.1) is 0 Å². The van der Waals surface area contributed by atoms with E-state index in [9.17, 15) is 4.79 Å². The first-order valence-electron chi connectivity index (χ1n) is 6.41. The first-order valence-corrected chi connectivity index (χ1v) is 6.41. The van der Waals surface area contributed by atoms with Crippen LogP contribution in [0, 0.1) is 0 Å². The predicted octanol–water partition coefficient (Wildman–Crippen LogP) is 2.96. The molecular formula is C16H18N2O. The lowest BCUT2D eigenvalue weighted by atomic mass is 10.1. The number of hydrogen-bond donors (Lipinski definition) is 2. The zero-order valence-corrected chi connectivity index (χ0v) is 11.0. The number of anilines is 1. The van der Waals surface area contributed by atoms with Crippen molar-refractivity contribution in [3.05, 3.63) is 65.2 Å². The van der Waals surface area contributed by atoms with Crippen molar-refractivity contribution in [3.8, 4) is 0 Å². The van der Waals surface area contributed by atoms with Crippen LogP contribution in [0.1, 0.15) is 28.4 Å². The molecule has 0 bridgehead atoms. The number of para-hydroxylation sites is 1. The van der Waals surface area contributed by atoms with Gasteiger partial charge in [-0.05, 0) is 35.7 Å². The van der Waals surface area contributed by atoms with E-state index in [-0.39, 0.29) is 0 Å². The molecular weight excluding hydrogens is 236 g/mol. The second kappa shape index (κ2) is 6.05. The van der Waals surface area contributed by atoms with E-state index in [1.165, 1.54) is 5.56 Å². The molecule has 98 valence electrons. The summed E-state index contributed by atoms with van der Waals surface area (Å²) in [5, 5.41) is 3.41. The minimum absolute atomic E-state index is 0.393. The van der Waals surface area contributed by atoms with E-state index >= 15 is 0 Å². The molecule has 2 rings (SSSR count). The molecule has 0 aliphatic heterocycles. The third kappa shape index (κ3) is 3.35. The van der Waals surface area contributed by atoms with Crippen LogP contribution in [0.15, 0.2) is 48.5 Å². The Kier molecular flexibility index (Phi) is 4.18. The van der Waals surface area contributed by atoms with Gasteiger partial charge in [-0.2, -0.15) is 0 Å². The molecule has 3 N–H and O–H groups in total. The van der Waals surface area contributed by atoms with Gasteiger partial charge in [-0.15, -0.1) is 0 Å². The lowest BCUT2D eigenvalue weighted by Gasteiger charge is -2.11. The zero-order chi connectivity index (χ0) is 13.7. The van der Waals surface area contributed by atoms with Crippen molar-refractivity contribution in [2.75, 3.05) is 5.32 Å². The number of primary amides is 1. The van der Waals surface area contributed by atoms with E-state index < -0.39 is 5.91 Å². The number of benzene rings is 2. The molecule has 0 radical (unpaired) electrons. The predicted molar refractivity (Wildman–Crippen MR) is 78.1 cm³/mol. The molecule has 0 saturated heterocycles. The molecule has 2 aromatic carbocycles. The lowest BCUT2D eigenvalue weighted by molar-refractivity contribution is 0.100. The topological polar surface area (TPSA) is 55.1 Å². The van der Waals surface area contributed by atoms with Crippen LogP contribution in [0.25, 0.3) is 0 Å². The van der Waals surface area contributed by atoms with Crippen LogP contribution in [-0.4, -0.2) is 5.91 Å². The van der Waals surface area contributed by atoms with Gasteiger partial charge in [0.15, 0.2) is 0 Å². The largest absolute Gasteiger partial charge is 0.381 e. The number of amides is 1. The minimum Gasteiger partial charge on any atom is -0.381 e. The molecule has 0 aliphatic rings. The number of carbonyl (C=O) groups is 1. The Morgan fingerprint density at radius 2 is 1.79 bits per heavy atom. The van der Waals surface area contributed by atoms with E-state index in [1.54, 1.807) is 12.1 Å². The molecule has 2 aromatic rings. The summed E-state index contributed by atoms with van der Waals surface area (Å²) in [6, 6.07) is 15.6. The van der Waals surface area contributed by atoms with E-state index in [1.807, 2.05) is 24.3 Å². The van der Waals surface area contributed by atoms with E-state index in [0.29, 0.717) is 5.56 Å². The van der Waals surface area contributed by atoms with E-state index in [2.05, 4.69) is 24.4 Å². The first kappa shape index (κ1) is 13.1. The summed E-state index contributed by atoms with van der Waals surface area (Å²) >= 11 is 0. The Morgan fingerprint density at radius 3 is 2.42 bits per heavy atom. The molecule has 0 saturated carbocycles. The summed E-state index contributed by atoms with van der Waals surface area (Å²) in [5.41, 5.74) is 9.33. The summed E-state index contributed by atoms with van der Waals surface area (Å²) < 4.78 is 0. The van der Waals surface area contributed by atoms with Gasteiger partial charge in [0.2, 0.25) is 5.91 Å². The highest BCUT2D eigenvalue weighted by Gasteiger charge is 2.01. The number of carbonyl (C=O) groups excluding carboxylic acids is 1. The Balaban J connectivity index is 2.04. The highest BCUT2D eigenvalue weighted by molar-refractivity contribution is 5.92. The van der Waals surface area contributed by atoms with Crippen LogP contribution in [0.5, 0.6) is 0 Å². The van der Waals surface area contributed by atoms with Gasteiger partial charge in [-0.3, -0.25) is 4.79 Å². The monoisotopic (exact) mass is 254 g/mol. The Hall–Kier alpha value is -2.29. The fourth-order valence-corrected chi connectivity index (χ4v) is 1.99. The minimum atomic E-state index is -0.393. The van der Waals surface area contributed by atoms with Crippen LogP contribution in [-0.2, 0) is 13.0 Å². The number of hydrogen-bond acceptors (Lipinski definition) is 2. The van der Waals surface area contributed by atoms with Crippen molar-refractivity contribution in [1.82, 2.24) is 0 Å². The molecule has 19 heavy (non-hydrogen) atoms. The molecule has 0 spiro atoms. The maximum Gasteiger partial charge on any atom is 0.248 e. The van der Waals surface area contributed by atoms with Crippen molar-refractivity contribution in [1.29, 1.82) is 0 Å². The van der Waals surface area contributed by atoms with Gasteiger partial charge < -0.3 is 11.1 Å². The number of nitrogens with one attached hydrogen (secondary N) is 1. The maximum atomic E-state index is 11.0. The van der Waals surface area contributed by atoms with Gasteiger partial charge in [-0.25, -0.2) is 0 Å². The maximum absolute atomic E-state index is 11.0. The smallest absolute Gasteiger partial charge is 0.248 e. The molecule has 0 heterocycles. The fraction of sp³-hybridized carbons (Fsp3) is 0.188. The van der Waals surface area contributed by atoms with Gasteiger partial charge in [-0.1, -0.05) is 37.3 Å². The van der Waals surface area contributed by atoms with Crippen molar-refractivity contribution in [2.45, 2.75) is 19.9 Å². The van der Waals surface area contributed by atoms with Crippen LogP contribution in [0.3, 0.4) is 0 Å². The SMILES string of the molecule is CCc1ccccc1NCc1ccc(C(N)=O)cc1. The first-order chi connectivity index (χ1) is 9.20. The second-order valence-electron chi connectivity index (χ2n) is 4.43. The summed E-state index contributed by atoms with van der Waals surface area (Å²) in [7, 11) is 0. The van der Waals surface area contributed by atoms with Crippen LogP contribution >= 0.6 is 0 Å². The average Bonchev–Trinajstić information content (AvgIpc) is 2.45. The van der Waals surface area contributed by atoms with Gasteiger partial charge in [0.25, 0.3) is 0 Å². The standard InChI is InChI=1S/C16H18N2O/c1-2-13-5-3-4-6-15(13)18-11-12-7-9-14(10-8-12)16(17)19/h3-10,18H,2,11H2,1H3,(H2,17,19). The van der Waals surface area contributed by atoms with Crippen LogP contribution in [0.4, 0.5) is 5.69 Å². The molecule has 0 fully saturated rings. The molecule has 0 aliphatic carbocycles. The Morgan fingerprint density at radius 1 is 1.11 bits per heavy atom. The number of aryl methyl sites for hydroxylation is 1. The number of rotatable bonds is 5. The summed E-state index contributed by atoms with van der Waals surface area (Å²) in [6.07, 6.45) is 1.00. The lowest BCUT2D eigenvalue weighted by Crippen LogP contribution is -2.10. The van der Waals surface area contributed by atoms with Gasteiger partial charge in [0.1, 0.15) is 0 Å². The van der Waals surface area contributed by atoms with Crippen molar-refractivity contribution in [2.24, 2.45) is 5.73 Å². The summed E-state index contributed by atoms with van der Waals surface area (Å²) in [5.74, 6) is -0.393. The molecule has 0 aromatic heterocycles. The fourth-order valence-electron chi connectivity index (χ4n) is 1.99. The van der Waals surface area contributed by atoms with Crippen molar-refractivity contribution >= 4 is 11.6 Å². The van der Waals surface area contributed by atoms with Gasteiger partial charge >= 0.3 is 0 Å². The third-order valence-electron chi connectivity index (χ3n) is 3.12. The average molecular weight is 254 g/mol. The highest BCUT2D eigenvalue weighted by Crippen LogP contribution is 2.16. The normalized spacial score (nSPS) is 10.2. The van der Waals surface area contributed by atoms with E-state index in [4.69, 9.17) is 5.73 Å². The van der Waals surface area contributed by atoms with Crippen molar-refractivity contribution in [3.63, 3.8) is 0 Å². The molecule has 1 amide bonds. The Labute approximate surface area is 113 Å². The quantitative estimate of drug-likeness (QED) is 0.862. The Bertz CT molecular complexity index is 561. The number of nitrogens with two attached hydrogens (primary N) is 1. The van der Waals surface area contributed by atoms with Crippen LogP contribution in [0.2, 0.25) is 0 Å². The second-order valence-corrected chi connectivity index (χ2v) is 4.43.